The number of para-hydroxylation sites is 1. The van der Waals surface area contributed by atoms with E-state index in [9.17, 15) is 9.59 Å². The largest absolute Gasteiger partial charge is 0.451 e. The molecule has 6 nitrogen and oxygen atoms in total. The van der Waals surface area contributed by atoms with Crippen LogP contribution in [0.2, 0.25) is 0 Å². The molecule has 0 N–H and O–H groups in total. The molecule has 1 saturated heterocycles. The van der Waals surface area contributed by atoms with Crippen LogP contribution < -0.4 is 0 Å². The van der Waals surface area contributed by atoms with Crippen LogP contribution in [0.5, 0.6) is 0 Å². The Bertz CT molecular complexity index is 905. The van der Waals surface area contributed by atoms with Gasteiger partial charge in [0.2, 0.25) is 5.91 Å². The zero-order valence-corrected chi connectivity index (χ0v) is 18.8. The Morgan fingerprint density at radius 1 is 1.06 bits per heavy atom. The highest BCUT2D eigenvalue weighted by molar-refractivity contribution is 5.99. The summed E-state index contributed by atoms with van der Waals surface area (Å²) in [6.45, 7) is 6.56. The molecule has 31 heavy (non-hydrogen) atoms. The molecule has 2 aliphatic rings. The quantitative estimate of drug-likeness (QED) is 0.648. The van der Waals surface area contributed by atoms with Crippen LogP contribution in [0.4, 0.5) is 0 Å². The van der Waals surface area contributed by atoms with Crippen LogP contribution in [0.25, 0.3) is 11.0 Å². The highest BCUT2D eigenvalue weighted by atomic mass is 16.5. The van der Waals surface area contributed by atoms with E-state index in [1.54, 1.807) is 4.90 Å². The number of carbonyl (C=O) groups excluding carboxylic acids is 2. The Balaban J connectivity index is 1.38. The minimum absolute atomic E-state index is 0.0652. The number of hydrogen-bond donors (Lipinski definition) is 0. The van der Waals surface area contributed by atoms with E-state index in [1.807, 2.05) is 43.0 Å². The predicted octanol–water partition coefficient (Wildman–Crippen LogP) is 4.61. The fourth-order valence-electron chi connectivity index (χ4n) is 4.75. The summed E-state index contributed by atoms with van der Waals surface area (Å²) in [7, 11) is 0. The molecule has 4 rings (SSSR count). The van der Waals surface area contributed by atoms with Crippen molar-refractivity contribution in [2.24, 2.45) is 5.92 Å². The van der Waals surface area contributed by atoms with Crippen LogP contribution in [-0.2, 0) is 16.1 Å². The zero-order chi connectivity index (χ0) is 21.8. The fourth-order valence-corrected chi connectivity index (χ4v) is 4.75. The van der Waals surface area contributed by atoms with E-state index in [1.165, 1.54) is 25.7 Å². The van der Waals surface area contributed by atoms with Gasteiger partial charge in [-0.3, -0.25) is 9.59 Å². The Labute approximate surface area is 184 Å². The molecule has 1 aromatic heterocycles. The molecule has 0 radical (unpaired) electrons. The van der Waals surface area contributed by atoms with Crippen molar-refractivity contribution in [2.75, 3.05) is 26.2 Å². The summed E-state index contributed by atoms with van der Waals surface area (Å²) >= 11 is 0. The number of amides is 2. The second kappa shape index (κ2) is 9.86. The van der Waals surface area contributed by atoms with E-state index < -0.39 is 0 Å². The van der Waals surface area contributed by atoms with Crippen molar-refractivity contribution in [1.82, 2.24) is 9.80 Å². The first kappa shape index (κ1) is 21.9. The van der Waals surface area contributed by atoms with Crippen molar-refractivity contribution < 1.29 is 18.7 Å². The molecule has 2 amide bonds. The van der Waals surface area contributed by atoms with Gasteiger partial charge in [-0.15, -0.1) is 0 Å². The van der Waals surface area contributed by atoms with E-state index in [4.69, 9.17) is 9.15 Å². The van der Waals surface area contributed by atoms with Gasteiger partial charge in [0, 0.05) is 43.5 Å². The van der Waals surface area contributed by atoms with Crippen molar-refractivity contribution in [3.05, 3.63) is 35.6 Å². The van der Waals surface area contributed by atoms with Crippen molar-refractivity contribution in [3.63, 3.8) is 0 Å². The van der Waals surface area contributed by atoms with Crippen LogP contribution >= 0.6 is 0 Å². The number of nitrogens with zero attached hydrogens (tertiary/aromatic N) is 2. The summed E-state index contributed by atoms with van der Waals surface area (Å²) in [4.78, 5) is 29.6. The molecule has 2 aromatic rings. The highest BCUT2D eigenvalue weighted by Crippen LogP contribution is 2.30. The topological polar surface area (TPSA) is 63.0 Å². The molecule has 0 unspecified atom stereocenters. The minimum Gasteiger partial charge on any atom is -0.451 e. The number of benzene rings is 1. The first-order chi connectivity index (χ1) is 15.0. The third-order valence-corrected chi connectivity index (χ3v) is 6.61. The fraction of sp³-hybridized carbons (Fsp3) is 0.600. The average Bonchev–Trinajstić information content (AvgIpc) is 3.43. The number of fused-ring (bicyclic) bond motifs is 1. The smallest absolute Gasteiger partial charge is 0.290 e. The molecule has 1 aliphatic heterocycles. The minimum atomic E-state index is -0.114. The predicted molar refractivity (Wildman–Crippen MR) is 120 cm³/mol. The van der Waals surface area contributed by atoms with Crippen LogP contribution in [0, 0.1) is 5.92 Å². The average molecular weight is 427 g/mol. The van der Waals surface area contributed by atoms with E-state index in [2.05, 4.69) is 0 Å². The lowest BCUT2D eigenvalue weighted by Crippen LogP contribution is -2.50. The molecule has 1 aliphatic carbocycles. The van der Waals surface area contributed by atoms with Crippen molar-refractivity contribution in [2.45, 2.75) is 65.1 Å². The summed E-state index contributed by atoms with van der Waals surface area (Å²) in [5, 5.41) is 0.923. The lowest BCUT2D eigenvalue weighted by molar-refractivity contribution is -0.133. The Morgan fingerprint density at radius 3 is 2.45 bits per heavy atom. The van der Waals surface area contributed by atoms with E-state index in [0.717, 1.165) is 23.3 Å². The third-order valence-electron chi connectivity index (χ3n) is 6.61. The van der Waals surface area contributed by atoms with Crippen molar-refractivity contribution in [1.29, 1.82) is 0 Å². The molecule has 1 saturated carbocycles. The van der Waals surface area contributed by atoms with Gasteiger partial charge in [0.05, 0.1) is 12.7 Å². The van der Waals surface area contributed by atoms with Crippen LogP contribution in [0.15, 0.2) is 28.7 Å². The van der Waals surface area contributed by atoms with Crippen molar-refractivity contribution >= 4 is 22.8 Å². The molecule has 1 aromatic carbocycles. The van der Waals surface area contributed by atoms with Gasteiger partial charge >= 0.3 is 0 Å². The van der Waals surface area contributed by atoms with E-state index >= 15 is 0 Å². The monoisotopic (exact) mass is 426 g/mol. The number of hydrogen-bond acceptors (Lipinski definition) is 4. The lowest BCUT2D eigenvalue weighted by atomic mass is 10.0. The maximum atomic E-state index is 13.3. The number of carbonyl (C=O) groups is 2. The summed E-state index contributed by atoms with van der Waals surface area (Å²) in [5.74, 6) is 1.21. The summed E-state index contributed by atoms with van der Waals surface area (Å²) in [6, 6.07) is 7.70. The Hall–Kier alpha value is -2.34. The van der Waals surface area contributed by atoms with Gasteiger partial charge in [0.25, 0.3) is 5.91 Å². The molecule has 0 atom stereocenters. The van der Waals surface area contributed by atoms with Gasteiger partial charge < -0.3 is 19.0 Å². The number of ether oxygens (including phenoxy) is 1. The van der Waals surface area contributed by atoms with Crippen LogP contribution in [0.1, 0.15) is 68.5 Å². The van der Waals surface area contributed by atoms with Gasteiger partial charge in [-0.05, 0) is 32.3 Å². The van der Waals surface area contributed by atoms with Crippen LogP contribution in [-0.4, -0.2) is 53.9 Å². The second-order valence-electron chi connectivity index (χ2n) is 9.13. The Kier molecular flexibility index (Phi) is 6.96. The molecule has 6 heteroatoms. The summed E-state index contributed by atoms with van der Waals surface area (Å²) in [6.07, 6.45) is 6.88. The molecule has 2 fully saturated rings. The van der Waals surface area contributed by atoms with Gasteiger partial charge in [0.1, 0.15) is 5.58 Å². The number of rotatable bonds is 7. The van der Waals surface area contributed by atoms with Gasteiger partial charge in [0.15, 0.2) is 5.76 Å². The molecule has 0 bridgehead atoms. The maximum absolute atomic E-state index is 13.3. The third kappa shape index (κ3) is 5.12. The highest BCUT2D eigenvalue weighted by Gasteiger charge is 2.29. The van der Waals surface area contributed by atoms with Crippen LogP contribution in [0.3, 0.4) is 0 Å². The zero-order valence-electron chi connectivity index (χ0n) is 18.8. The van der Waals surface area contributed by atoms with E-state index in [0.29, 0.717) is 50.5 Å². The second-order valence-corrected chi connectivity index (χ2v) is 9.13. The molecule has 2 heterocycles. The summed E-state index contributed by atoms with van der Waals surface area (Å²) in [5.41, 5.74) is 1.51. The van der Waals surface area contributed by atoms with E-state index in [-0.39, 0.29) is 17.9 Å². The molecule has 0 spiro atoms. The molecule has 168 valence electrons. The SMILES string of the molecule is CC(C)OCc1c(C(=O)N2CCN(C(=O)CCC3CCCC3)CC2)oc2ccccc12. The normalized spacial score (nSPS) is 17.8. The molecular weight excluding hydrogens is 392 g/mol. The number of furan rings is 1. The van der Waals surface area contributed by atoms with Crippen molar-refractivity contribution in [3.8, 4) is 0 Å². The number of piperazine rings is 1. The van der Waals surface area contributed by atoms with Gasteiger partial charge in [-0.2, -0.15) is 0 Å². The first-order valence-corrected chi connectivity index (χ1v) is 11.7. The maximum Gasteiger partial charge on any atom is 0.290 e. The first-order valence-electron chi connectivity index (χ1n) is 11.7. The standard InChI is InChI=1S/C25H34N2O4/c1-18(2)30-17-21-20-9-5-6-10-22(20)31-24(21)25(29)27-15-13-26(14-16-27)23(28)12-11-19-7-3-4-8-19/h5-6,9-10,18-19H,3-4,7-8,11-17H2,1-2H3. The Morgan fingerprint density at radius 2 is 1.74 bits per heavy atom. The van der Waals surface area contributed by atoms with Gasteiger partial charge in [-0.25, -0.2) is 0 Å². The van der Waals surface area contributed by atoms with Gasteiger partial charge in [-0.1, -0.05) is 43.9 Å². The lowest BCUT2D eigenvalue weighted by Gasteiger charge is -2.34. The summed E-state index contributed by atoms with van der Waals surface area (Å²) < 4.78 is 11.8. The molecular formula is C25H34N2O4.